The van der Waals surface area contributed by atoms with Crippen LogP contribution in [0.4, 0.5) is 28.8 Å². The summed E-state index contributed by atoms with van der Waals surface area (Å²) in [7, 11) is 0. The van der Waals surface area contributed by atoms with Crippen LogP contribution in [0.2, 0.25) is 0 Å². The van der Waals surface area contributed by atoms with Gasteiger partial charge in [-0.2, -0.15) is 4.98 Å². The van der Waals surface area contributed by atoms with Gasteiger partial charge in [0.25, 0.3) is 0 Å². The van der Waals surface area contributed by atoms with Crippen LogP contribution in [0, 0.1) is 0 Å². The monoisotopic (exact) mass is 389 g/mol. The van der Waals surface area contributed by atoms with Gasteiger partial charge in [-0.3, -0.25) is 0 Å². The van der Waals surface area contributed by atoms with E-state index in [2.05, 4.69) is 49.8 Å². The molecule has 1 aliphatic heterocycles. The molecule has 29 heavy (non-hydrogen) atoms. The molecule has 4 rings (SSSR count). The summed E-state index contributed by atoms with van der Waals surface area (Å²) in [5, 5.41) is 6.58. The highest BCUT2D eigenvalue weighted by Crippen LogP contribution is 2.24. The lowest BCUT2D eigenvalue weighted by atomic mass is 10.1. The molecule has 0 atom stereocenters. The van der Waals surface area contributed by atoms with Gasteiger partial charge in [-0.15, -0.1) is 0 Å². The zero-order valence-corrected chi connectivity index (χ0v) is 16.8. The fourth-order valence-electron chi connectivity index (χ4n) is 3.47. The Morgan fingerprint density at radius 2 is 1.55 bits per heavy atom. The van der Waals surface area contributed by atoms with E-state index in [9.17, 15) is 0 Å². The Hall–Kier alpha value is -3.28. The Morgan fingerprint density at radius 3 is 2.28 bits per heavy atom. The maximum absolute atomic E-state index is 5.47. The first-order valence-corrected chi connectivity index (χ1v) is 10.2. The lowest BCUT2D eigenvalue weighted by molar-refractivity contribution is 0.340. The summed E-state index contributed by atoms with van der Waals surface area (Å²) >= 11 is 0. The molecule has 0 radical (unpaired) electrons. The smallest absolute Gasteiger partial charge is 0.229 e. The fourth-order valence-corrected chi connectivity index (χ4v) is 3.47. The predicted octanol–water partition coefficient (Wildman–Crippen LogP) is 5.35. The highest BCUT2D eigenvalue weighted by atomic mass is 16.5. The molecule has 6 heteroatoms. The van der Waals surface area contributed by atoms with E-state index in [1.54, 1.807) is 6.20 Å². The molecule has 2 N–H and O–H groups in total. The maximum Gasteiger partial charge on any atom is 0.229 e. The third-order valence-corrected chi connectivity index (χ3v) is 4.94. The number of nitrogens with zero attached hydrogens (tertiary/aromatic N) is 3. The number of benzene rings is 2. The molecule has 6 nitrogen and oxygen atoms in total. The van der Waals surface area contributed by atoms with E-state index in [0.717, 1.165) is 36.0 Å². The van der Waals surface area contributed by atoms with Crippen molar-refractivity contribution >= 4 is 28.8 Å². The quantitative estimate of drug-likeness (QED) is 0.568. The molecule has 150 valence electrons. The Morgan fingerprint density at radius 1 is 0.862 bits per heavy atom. The molecule has 0 amide bonds. The van der Waals surface area contributed by atoms with Crippen molar-refractivity contribution in [2.24, 2.45) is 0 Å². The molecular weight excluding hydrogens is 362 g/mol. The van der Waals surface area contributed by atoms with Gasteiger partial charge < -0.3 is 20.3 Å². The number of piperidine rings is 1. The summed E-state index contributed by atoms with van der Waals surface area (Å²) in [6.07, 6.45) is 5.65. The van der Waals surface area contributed by atoms with Crippen molar-refractivity contribution in [1.29, 1.82) is 0 Å². The Labute approximate surface area is 172 Å². The van der Waals surface area contributed by atoms with Crippen molar-refractivity contribution in [3.8, 4) is 5.75 Å². The summed E-state index contributed by atoms with van der Waals surface area (Å²) in [6.45, 7) is 4.93. The van der Waals surface area contributed by atoms with Crippen molar-refractivity contribution in [2.75, 3.05) is 35.2 Å². The molecule has 2 heterocycles. The highest BCUT2D eigenvalue weighted by molar-refractivity contribution is 5.62. The summed E-state index contributed by atoms with van der Waals surface area (Å²) in [4.78, 5) is 11.3. The molecule has 0 spiro atoms. The van der Waals surface area contributed by atoms with Crippen LogP contribution in [0.1, 0.15) is 26.2 Å². The summed E-state index contributed by atoms with van der Waals surface area (Å²) in [5.41, 5.74) is 3.21. The normalized spacial score (nSPS) is 13.8. The third-order valence-electron chi connectivity index (χ3n) is 4.94. The topological polar surface area (TPSA) is 62.3 Å². The van der Waals surface area contributed by atoms with Crippen molar-refractivity contribution in [3.05, 3.63) is 60.8 Å². The average molecular weight is 390 g/mol. The second-order valence-electron chi connectivity index (χ2n) is 7.07. The van der Waals surface area contributed by atoms with E-state index in [1.165, 1.54) is 24.9 Å². The summed E-state index contributed by atoms with van der Waals surface area (Å²) in [6, 6.07) is 18.2. The highest BCUT2D eigenvalue weighted by Gasteiger charge is 2.10. The van der Waals surface area contributed by atoms with Gasteiger partial charge in [-0.25, -0.2) is 4.98 Å². The minimum atomic E-state index is 0.545. The van der Waals surface area contributed by atoms with E-state index >= 15 is 0 Å². The first-order chi connectivity index (χ1) is 14.3. The zero-order chi connectivity index (χ0) is 19.9. The molecule has 1 fully saturated rings. The lowest BCUT2D eigenvalue weighted by Gasteiger charge is -2.28. The first-order valence-electron chi connectivity index (χ1n) is 10.2. The Kier molecular flexibility index (Phi) is 6.10. The second kappa shape index (κ2) is 9.28. The van der Waals surface area contributed by atoms with Gasteiger partial charge in [-0.05, 0) is 80.8 Å². The first kappa shape index (κ1) is 19.1. The minimum Gasteiger partial charge on any atom is -0.494 e. The maximum atomic E-state index is 5.47. The third kappa shape index (κ3) is 5.16. The van der Waals surface area contributed by atoms with E-state index in [-0.39, 0.29) is 0 Å². The van der Waals surface area contributed by atoms with Crippen LogP contribution < -0.4 is 20.3 Å². The molecule has 2 aromatic carbocycles. The van der Waals surface area contributed by atoms with Crippen molar-refractivity contribution < 1.29 is 4.74 Å². The van der Waals surface area contributed by atoms with Crippen molar-refractivity contribution in [3.63, 3.8) is 0 Å². The van der Waals surface area contributed by atoms with Crippen LogP contribution >= 0.6 is 0 Å². The fraction of sp³-hybridized carbons (Fsp3) is 0.304. The van der Waals surface area contributed by atoms with Gasteiger partial charge in [-0.1, -0.05) is 0 Å². The van der Waals surface area contributed by atoms with Crippen molar-refractivity contribution in [1.82, 2.24) is 9.97 Å². The molecule has 0 aliphatic carbocycles. The zero-order valence-electron chi connectivity index (χ0n) is 16.8. The molecule has 0 unspecified atom stereocenters. The predicted molar refractivity (Wildman–Crippen MR) is 119 cm³/mol. The number of hydrogen-bond donors (Lipinski definition) is 2. The van der Waals surface area contributed by atoms with Crippen molar-refractivity contribution in [2.45, 2.75) is 26.2 Å². The standard InChI is InChI=1S/C23H27N5O/c1-2-29-21-12-8-19(9-13-21)26-23-24-15-14-22(27-23)25-18-6-10-20(11-7-18)28-16-4-3-5-17-28/h6-15H,2-5,16-17H2,1H3,(H2,24,25,26,27). The van der Waals surface area contributed by atoms with Gasteiger partial charge in [0.1, 0.15) is 11.6 Å². The minimum absolute atomic E-state index is 0.545. The van der Waals surface area contributed by atoms with Crippen LogP contribution in [0.3, 0.4) is 0 Å². The number of anilines is 5. The number of aromatic nitrogens is 2. The SMILES string of the molecule is CCOc1ccc(Nc2nccc(Nc3ccc(N4CCCCC4)cc3)n2)cc1. The van der Waals surface area contributed by atoms with E-state index in [4.69, 9.17) is 4.74 Å². The van der Waals surface area contributed by atoms with Crippen LogP contribution in [-0.2, 0) is 0 Å². The molecule has 3 aromatic rings. The van der Waals surface area contributed by atoms with E-state index < -0.39 is 0 Å². The number of rotatable bonds is 7. The molecule has 0 saturated carbocycles. The van der Waals surface area contributed by atoms with E-state index in [0.29, 0.717) is 12.6 Å². The van der Waals surface area contributed by atoms with Gasteiger partial charge in [0.15, 0.2) is 0 Å². The molecule has 0 bridgehead atoms. The molecule has 1 aliphatic rings. The van der Waals surface area contributed by atoms with Gasteiger partial charge in [0.05, 0.1) is 6.61 Å². The van der Waals surface area contributed by atoms with Crippen LogP contribution in [0.5, 0.6) is 5.75 Å². The van der Waals surface area contributed by atoms with Gasteiger partial charge in [0.2, 0.25) is 5.95 Å². The average Bonchev–Trinajstić information content (AvgIpc) is 2.77. The second-order valence-corrected chi connectivity index (χ2v) is 7.07. The summed E-state index contributed by atoms with van der Waals surface area (Å²) in [5.74, 6) is 2.14. The number of nitrogens with one attached hydrogen (secondary N) is 2. The molecular formula is C23H27N5O. The van der Waals surface area contributed by atoms with Crippen LogP contribution in [0.25, 0.3) is 0 Å². The van der Waals surface area contributed by atoms with E-state index in [1.807, 2.05) is 37.3 Å². The number of hydrogen-bond acceptors (Lipinski definition) is 6. The van der Waals surface area contributed by atoms with Gasteiger partial charge >= 0.3 is 0 Å². The number of ether oxygens (including phenoxy) is 1. The Bertz CT molecular complexity index is 905. The van der Waals surface area contributed by atoms with Crippen LogP contribution in [0.15, 0.2) is 60.8 Å². The summed E-state index contributed by atoms with van der Waals surface area (Å²) < 4.78 is 5.47. The Balaban J connectivity index is 1.39. The molecule has 1 aromatic heterocycles. The lowest BCUT2D eigenvalue weighted by Crippen LogP contribution is -2.29. The molecule has 1 saturated heterocycles. The largest absolute Gasteiger partial charge is 0.494 e. The van der Waals surface area contributed by atoms with Gasteiger partial charge in [0, 0.05) is 36.3 Å². The van der Waals surface area contributed by atoms with Crippen LogP contribution in [-0.4, -0.2) is 29.7 Å².